The summed E-state index contributed by atoms with van der Waals surface area (Å²) in [6, 6.07) is 12.0. The van der Waals surface area contributed by atoms with Gasteiger partial charge in [0.1, 0.15) is 16.4 Å². The van der Waals surface area contributed by atoms with Crippen molar-refractivity contribution in [3.63, 3.8) is 0 Å². The largest absolute Gasteiger partial charge is 0.490 e. The van der Waals surface area contributed by atoms with E-state index in [0.717, 1.165) is 33.3 Å². The summed E-state index contributed by atoms with van der Waals surface area (Å²) in [7, 11) is 0. The predicted octanol–water partition coefficient (Wildman–Crippen LogP) is 5.53. The van der Waals surface area contributed by atoms with Crippen molar-refractivity contribution in [3.8, 4) is 16.3 Å². The number of ether oxygens (including phenoxy) is 1. The molecule has 7 heteroatoms. The van der Waals surface area contributed by atoms with Crippen LogP contribution in [-0.2, 0) is 6.42 Å². The summed E-state index contributed by atoms with van der Waals surface area (Å²) >= 11 is 1.63. The first kappa shape index (κ1) is 22.5. The fourth-order valence-corrected chi connectivity index (χ4v) is 3.62. The van der Waals surface area contributed by atoms with Gasteiger partial charge < -0.3 is 10.5 Å². The fraction of sp³-hybridized carbons (Fsp3) is 0.273. The van der Waals surface area contributed by atoms with Crippen molar-refractivity contribution in [3.05, 3.63) is 70.2 Å². The third-order valence-electron chi connectivity index (χ3n) is 4.03. The number of benzene rings is 2. The number of carbonyl (C=O) groups excluding carboxylic acids is 1. The molecule has 154 valence electrons. The number of hydrogen-bond donors (Lipinski definition) is 1. The number of nitrogens with zero attached hydrogens (tertiary/aromatic N) is 1. The van der Waals surface area contributed by atoms with Gasteiger partial charge in [-0.25, -0.2) is 13.8 Å². The zero-order chi connectivity index (χ0) is 21.4. The minimum Gasteiger partial charge on any atom is -0.490 e. The average Bonchev–Trinajstić information content (AvgIpc) is 3.09. The average molecular weight is 419 g/mol. The minimum atomic E-state index is -1.16. The number of rotatable bonds is 7. The first-order chi connectivity index (χ1) is 14.0. The SMILES string of the molecule is CC.Cc1sc(-c2ccccc2)nc1CCCOc1ccc(F)c(C(N)=O)c1F. The molecule has 0 aliphatic carbocycles. The fourth-order valence-electron chi connectivity index (χ4n) is 2.66. The molecule has 1 amide bonds. The summed E-state index contributed by atoms with van der Waals surface area (Å²) < 4.78 is 32.9. The maximum Gasteiger partial charge on any atom is 0.254 e. The Kier molecular flexibility index (Phi) is 8.27. The summed E-state index contributed by atoms with van der Waals surface area (Å²) in [6.45, 7) is 6.22. The van der Waals surface area contributed by atoms with Crippen molar-refractivity contribution in [2.45, 2.75) is 33.6 Å². The molecule has 2 aromatic carbocycles. The van der Waals surface area contributed by atoms with E-state index in [-0.39, 0.29) is 12.4 Å². The Morgan fingerprint density at radius 3 is 2.48 bits per heavy atom. The number of amides is 1. The molecule has 2 N–H and O–H groups in total. The maximum atomic E-state index is 14.1. The molecule has 29 heavy (non-hydrogen) atoms. The molecule has 1 heterocycles. The van der Waals surface area contributed by atoms with Crippen LogP contribution in [0, 0.1) is 18.6 Å². The number of primary amides is 1. The van der Waals surface area contributed by atoms with Gasteiger partial charge in [-0.15, -0.1) is 11.3 Å². The number of hydrogen-bond acceptors (Lipinski definition) is 4. The quantitative estimate of drug-likeness (QED) is 0.513. The first-order valence-electron chi connectivity index (χ1n) is 9.39. The Morgan fingerprint density at radius 2 is 1.83 bits per heavy atom. The van der Waals surface area contributed by atoms with Gasteiger partial charge in [-0.3, -0.25) is 4.79 Å². The van der Waals surface area contributed by atoms with Crippen molar-refractivity contribution in [1.29, 1.82) is 0 Å². The molecule has 0 aliphatic heterocycles. The molecule has 0 radical (unpaired) electrons. The van der Waals surface area contributed by atoms with Crippen LogP contribution in [0.1, 0.15) is 41.2 Å². The molecular weight excluding hydrogens is 394 g/mol. The van der Waals surface area contributed by atoms with Gasteiger partial charge in [-0.1, -0.05) is 44.2 Å². The molecular formula is C22H24F2N2O2S. The molecule has 4 nitrogen and oxygen atoms in total. The van der Waals surface area contributed by atoms with Crippen molar-refractivity contribution in [1.82, 2.24) is 4.98 Å². The van der Waals surface area contributed by atoms with E-state index in [4.69, 9.17) is 10.5 Å². The number of carbonyl (C=O) groups is 1. The van der Waals surface area contributed by atoms with Crippen LogP contribution in [0.5, 0.6) is 5.75 Å². The van der Waals surface area contributed by atoms with Gasteiger partial charge in [-0.05, 0) is 31.9 Å². The van der Waals surface area contributed by atoms with Crippen molar-refractivity contribution < 1.29 is 18.3 Å². The number of aromatic nitrogens is 1. The third-order valence-corrected chi connectivity index (χ3v) is 5.09. The van der Waals surface area contributed by atoms with Gasteiger partial charge in [-0.2, -0.15) is 0 Å². The second-order valence-corrected chi connectivity index (χ2v) is 7.14. The highest BCUT2D eigenvalue weighted by molar-refractivity contribution is 7.15. The Morgan fingerprint density at radius 1 is 1.14 bits per heavy atom. The van der Waals surface area contributed by atoms with Crippen LogP contribution in [0.15, 0.2) is 42.5 Å². The lowest BCUT2D eigenvalue weighted by Crippen LogP contribution is -2.16. The highest BCUT2D eigenvalue weighted by Gasteiger charge is 2.19. The van der Waals surface area contributed by atoms with Gasteiger partial charge in [0.15, 0.2) is 11.6 Å². The molecule has 1 aromatic heterocycles. The number of aryl methyl sites for hydroxylation is 2. The van der Waals surface area contributed by atoms with Gasteiger partial charge >= 0.3 is 0 Å². The van der Waals surface area contributed by atoms with Crippen LogP contribution >= 0.6 is 11.3 Å². The third kappa shape index (κ3) is 5.60. The van der Waals surface area contributed by atoms with E-state index >= 15 is 0 Å². The Hall–Kier alpha value is -2.80. The minimum absolute atomic E-state index is 0.190. The standard InChI is InChI=1S/C20H18F2N2O2S.C2H6/c1-12-15(24-20(27-12)13-6-3-2-4-7-13)8-5-11-26-16-10-9-14(21)17(18(16)22)19(23)25;1-2/h2-4,6-7,9-10H,5,8,11H2,1H3,(H2,23,25);1-2H3. The Bertz CT molecular complexity index is 959. The monoisotopic (exact) mass is 418 g/mol. The van der Waals surface area contributed by atoms with E-state index < -0.39 is 23.1 Å². The van der Waals surface area contributed by atoms with Crippen LogP contribution in [-0.4, -0.2) is 17.5 Å². The van der Waals surface area contributed by atoms with Gasteiger partial charge in [0, 0.05) is 10.4 Å². The van der Waals surface area contributed by atoms with E-state index in [1.165, 1.54) is 0 Å². The molecule has 0 spiro atoms. The number of nitrogens with two attached hydrogens (primary N) is 1. The molecule has 0 saturated carbocycles. The molecule has 3 rings (SSSR count). The predicted molar refractivity (Wildman–Crippen MR) is 112 cm³/mol. The van der Waals surface area contributed by atoms with E-state index in [1.54, 1.807) is 11.3 Å². The summed E-state index contributed by atoms with van der Waals surface area (Å²) in [5.41, 5.74) is 6.26. The second-order valence-electron chi connectivity index (χ2n) is 5.94. The van der Waals surface area contributed by atoms with Crippen LogP contribution in [0.3, 0.4) is 0 Å². The first-order valence-corrected chi connectivity index (χ1v) is 10.2. The summed E-state index contributed by atoms with van der Waals surface area (Å²) in [5.74, 6) is -3.43. The van der Waals surface area contributed by atoms with E-state index in [0.29, 0.717) is 12.8 Å². The van der Waals surface area contributed by atoms with E-state index in [9.17, 15) is 13.6 Å². The van der Waals surface area contributed by atoms with Gasteiger partial charge in [0.05, 0.1) is 12.3 Å². The van der Waals surface area contributed by atoms with E-state index in [2.05, 4.69) is 4.98 Å². The second kappa shape index (κ2) is 10.7. The van der Waals surface area contributed by atoms with Crippen LogP contribution in [0.25, 0.3) is 10.6 Å². The maximum absolute atomic E-state index is 14.1. The number of thiazole rings is 1. The number of halogens is 2. The molecule has 0 fully saturated rings. The summed E-state index contributed by atoms with van der Waals surface area (Å²) in [5, 5.41) is 0.958. The molecule has 0 aliphatic rings. The van der Waals surface area contributed by atoms with Crippen LogP contribution < -0.4 is 10.5 Å². The molecule has 0 saturated heterocycles. The van der Waals surface area contributed by atoms with Crippen molar-refractivity contribution in [2.24, 2.45) is 5.73 Å². The molecule has 0 atom stereocenters. The smallest absolute Gasteiger partial charge is 0.254 e. The lowest BCUT2D eigenvalue weighted by molar-refractivity contribution is 0.0991. The summed E-state index contributed by atoms with van der Waals surface area (Å²) in [6.07, 6.45) is 1.27. The topological polar surface area (TPSA) is 65.2 Å². The van der Waals surface area contributed by atoms with Crippen molar-refractivity contribution in [2.75, 3.05) is 6.61 Å². The van der Waals surface area contributed by atoms with E-state index in [1.807, 2.05) is 51.1 Å². The summed E-state index contributed by atoms with van der Waals surface area (Å²) in [4.78, 5) is 16.9. The highest BCUT2D eigenvalue weighted by Crippen LogP contribution is 2.28. The lowest BCUT2D eigenvalue weighted by atomic mass is 10.1. The van der Waals surface area contributed by atoms with Crippen molar-refractivity contribution >= 4 is 17.2 Å². The Labute approximate surface area is 173 Å². The molecule has 0 unspecified atom stereocenters. The molecule has 3 aromatic rings. The molecule has 0 bridgehead atoms. The zero-order valence-corrected chi connectivity index (χ0v) is 17.5. The normalized spacial score (nSPS) is 10.2. The van der Waals surface area contributed by atoms with Crippen LogP contribution in [0.4, 0.5) is 8.78 Å². The highest BCUT2D eigenvalue weighted by atomic mass is 32.1. The zero-order valence-electron chi connectivity index (χ0n) is 16.7. The van der Waals surface area contributed by atoms with Gasteiger partial charge in [0.2, 0.25) is 0 Å². The lowest BCUT2D eigenvalue weighted by Gasteiger charge is -2.09. The van der Waals surface area contributed by atoms with Crippen LogP contribution in [0.2, 0.25) is 0 Å². The Balaban J connectivity index is 0.00000145. The van der Waals surface area contributed by atoms with Gasteiger partial charge in [0.25, 0.3) is 5.91 Å².